The first kappa shape index (κ1) is 21.7. The van der Waals surface area contributed by atoms with Gasteiger partial charge in [-0.1, -0.05) is 11.8 Å². The Labute approximate surface area is 195 Å². The van der Waals surface area contributed by atoms with Crippen LogP contribution in [-0.4, -0.2) is 42.2 Å². The molecule has 0 radical (unpaired) electrons. The van der Waals surface area contributed by atoms with Gasteiger partial charge in [-0.2, -0.15) is 0 Å². The lowest BCUT2D eigenvalue weighted by atomic mass is 10.3. The number of nitrogens with two attached hydrogens (primary N) is 1. The van der Waals surface area contributed by atoms with Crippen molar-refractivity contribution >= 4 is 62.7 Å². The van der Waals surface area contributed by atoms with E-state index in [0.717, 1.165) is 19.4 Å². The molecule has 1 atom stereocenters. The summed E-state index contributed by atoms with van der Waals surface area (Å²) in [5, 5.41) is 0.720. The van der Waals surface area contributed by atoms with Crippen LogP contribution in [0.5, 0.6) is 11.5 Å². The SMILES string of the molecule is CC(C)(C)[S+]([O-])NCCn1c(Sc2cc3c(cc2I)OCO3)nc2c(N)ncnc21. The first-order valence-electron chi connectivity index (χ1n) is 9.13. The monoisotopic (exact) mass is 560 g/mol. The number of imidazole rings is 1. The molecule has 12 heteroatoms. The van der Waals surface area contributed by atoms with Gasteiger partial charge in [0.05, 0.1) is 6.54 Å². The van der Waals surface area contributed by atoms with Gasteiger partial charge in [-0.05, 0) is 55.5 Å². The minimum absolute atomic E-state index is 0.223. The maximum atomic E-state index is 12.3. The van der Waals surface area contributed by atoms with Crippen molar-refractivity contribution in [2.75, 3.05) is 19.1 Å². The zero-order valence-electron chi connectivity index (χ0n) is 16.6. The molecule has 160 valence electrons. The summed E-state index contributed by atoms with van der Waals surface area (Å²) in [4.78, 5) is 14.1. The standard InChI is InChI=1S/C18H21IN6O3S2/c1-18(2,3)30(26)23-4-5-25-16-14(15(20)21-8-22-16)24-17(25)29-13-7-12-11(6-10(13)19)27-9-28-12/h6-8,23H,4-5,9H2,1-3H3,(H2,20,21,22). The van der Waals surface area contributed by atoms with Crippen molar-refractivity contribution in [3.8, 4) is 11.5 Å². The lowest BCUT2D eigenvalue weighted by Gasteiger charge is -2.23. The Bertz CT molecular complexity index is 1090. The first-order chi connectivity index (χ1) is 14.2. The summed E-state index contributed by atoms with van der Waals surface area (Å²) < 4.78 is 29.0. The van der Waals surface area contributed by atoms with E-state index in [1.807, 2.05) is 37.5 Å². The summed E-state index contributed by atoms with van der Waals surface area (Å²) in [6.07, 6.45) is 1.43. The molecule has 0 saturated heterocycles. The highest BCUT2D eigenvalue weighted by molar-refractivity contribution is 14.1. The Morgan fingerprint density at radius 2 is 2.03 bits per heavy atom. The maximum absolute atomic E-state index is 12.3. The number of nitrogens with zero attached hydrogens (tertiary/aromatic N) is 4. The molecule has 1 aromatic carbocycles. The van der Waals surface area contributed by atoms with Gasteiger partial charge in [-0.3, -0.25) is 0 Å². The predicted octanol–water partition coefficient (Wildman–Crippen LogP) is 2.94. The summed E-state index contributed by atoms with van der Waals surface area (Å²) in [7, 11) is 0. The average Bonchev–Trinajstić information content (AvgIpc) is 3.26. The molecule has 0 fully saturated rings. The number of benzene rings is 1. The molecule has 3 N–H and O–H groups in total. The number of halogens is 1. The molecule has 0 amide bonds. The van der Waals surface area contributed by atoms with Crippen LogP contribution in [0.4, 0.5) is 5.82 Å². The summed E-state index contributed by atoms with van der Waals surface area (Å²) in [6.45, 7) is 7.03. The molecule has 9 nitrogen and oxygen atoms in total. The predicted molar refractivity (Wildman–Crippen MR) is 125 cm³/mol. The molecule has 3 aromatic rings. The van der Waals surface area contributed by atoms with E-state index in [2.05, 4.69) is 42.3 Å². The van der Waals surface area contributed by atoms with E-state index in [9.17, 15) is 4.55 Å². The van der Waals surface area contributed by atoms with Crippen LogP contribution in [0.1, 0.15) is 20.8 Å². The highest BCUT2D eigenvalue weighted by Crippen LogP contribution is 2.41. The van der Waals surface area contributed by atoms with Gasteiger partial charge in [0.1, 0.15) is 11.1 Å². The summed E-state index contributed by atoms with van der Waals surface area (Å²) >= 11 is 2.59. The zero-order valence-corrected chi connectivity index (χ0v) is 20.4. The topological polar surface area (TPSA) is 123 Å². The Kier molecular flexibility index (Phi) is 6.21. The number of rotatable bonds is 6. The highest BCUT2D eigenvalue weighted by Gasteiger charge is 2.26. The van der Waals surface area contributed by atoms with Crippen LogP contribution in [0, 0.1) is 3.57 Å². The van der Waals surface area contributed by atoms with Crippen molar-refractivity contribution in [2.24, 2.45) is 0 Å². The van der Waals surface area contributed by atoms with Crippen molar-refractivity contribution in [3.05, 3.63) is 22.0 Å². The molecule has 0 bridgehead atoms. The van der Waals surface area contributed by atoms with Gasteiger partial charge >= 0.3 is 0 Å². The van der Waals surface area contributed by atoms with Crippen molar-refractivity contribution in [3.63, 3.8) is 0 Å². The van der Waals surface area contributed by atoms with Crippen molar-refractivity contribution in [2.45, 2.75) is 42.1 Å². The van der Waals surface area contributed by atoms with E-state index in [0.29, 0.717) is 35.8 Å². The normalized spacial score (nSPS) is 14.4. The lowest BCUT2D eigenvalue weighted by molar-refractivity contribution is 0.174. The van der Waals surface area contributed by atoms with E-state index in [-0.39, 0.29) is 11.5 Å². The third-order valence-corrected chi connectivity index (χ3v) is 8.17. The van der Waals surface area contributed by atoms with Crippen LogP contribution in [0.2, 0.25) is 0 Å². The van der Waals surface area contributed by atoms with Crippen LogP contribution in [0.15, 0.2) is 28.5 Å². The van der Waals surface area contributed by atoms with Gasteiger partial charge in [0, 0.05) is 26.4 Å². The fraction of sp³-hybridized carbons (Fsp3) is 0.389. The average molecular weight is 560 g/mol. The molecule has 30 heavy (non-hydrogen) atoms. The van der Waals surface area contributed by atoms with E-state index in [1.54, 1.807) is 0 Å². The van der Waals surface area contributed by atoms with Gasteiger partial charge in [0.25, 0.3) is 0 Å². The first-order valence-corrected chi connectivity index (χ1v) is 12.2. The molecule has 0 aliphatic carbocycles. The largest absolute Gasteiger partial charge is 0.598 e. The van der Waals surface area contributed by atoms with Crippen molar-refractivity contribution in [1.82, 2.24) is 24.2 Å². The van der Waals surface area contributed by atoms with E-state index in [1.165, 1.54) is 18.1 Å². The molecule has 1 aliphatic heterocycles. The second kappa shape index (κ2) is 8.57. The van der Waals surface area contributed by atoms with Gasteiger partial charge in [-0.25, -0.2) is 15.0 Å². The van der Waals surface area contributed by atoms with Gasteiger partial charge in [-0.15, -0.1) is 4.72 Å². The van der Waals surface area contributed by atoms with Crippen molar-refractivity contribution in [1.29, 1.82) is 0 Å². The molecule has 0 spiro atoms. The van der Waals surface area contributed by atoms with Crippen LogP contribution >= 0.6 is 34.4 Å². The Morgan fingerprint density at radius 3 is 2.77 bits per heavy atom. The fourth-order valence-electron chi connectivity index (χ4n) is 2.76. The summed E-state index contributed by atoms with van der Waals surface area (Å²) in [6, 6.07) is 3.89. The number of hydrogen-bond donors (Lipinski definition) is 2. The maximum Gasteiger partial charge on any atom is 0.231 e. The molecular weight excluding hydrogens is 539 g/mol. The molecule has 0 saturated carbocycles. The minimum atomic E-state index is -1.16. The van der Waals surface area contributed by atoms with Crippen LogP contribution in [0.25, 0.3) is 11.2 Å². The fourth-order valence-corrected chi connectivity index (χ4v) is 5.18. The summed E-state index contributed by atoms with van der Waals surface area (Å²) in [5.41, 5.74) is 7.22. The number of anilines is 1. The number of nitrogen functional groups attached to an aromatic ring is 1. The van der Waals surface area contributed by atoms with Crippen LogP contribution < -0.4 is 19.9 Å². The molecular formula is C18H21IN6O3S2. The number of aromatic nitrogens is 4. The van der Waals surface area contributed by atoms with Gasteiger partial charge < -0.3 is 24.3 Å². The second-order valence-electron chi connectivity index (χ2n) is 7.49. The quantitative estimate of drug-likeness (QED) is 0.346. The third-order valence-electron chi connectivity index (χ3n) is 4.28. The molecule has 1 unspecified atom stereocenters. The highest BCUT2D eigenvalue weighted by atomic mass is 127. The van der Waals surface area contributed by atoms with Crippen LogP contribution in [0.3, 0.4) is 0 Å². The number of ether oxygens (including phenoxy) is 2. The van der Waals surface area contributed by atoms with Crippen LogP contribution in [-0.2, 0) is 17.9 Å². The minimum Gasteiger partial charge on any atom is -0.598 e. The van der Waals surface area contributed by atoms with E-state index < -0.39 is 11.4 Å². The Hall–Kier alpha value is -1.48. The van der Waals surface area contributed by atoms with E-state index in [4.69, 9.17) is 15.2 Å². The third kappa shape index (κ3) is 4.42. The Balaban J connectivity index is 1.64. The number of fused-ring (bicyclic) bond motifs is 2. The molecule has 1 aliphatic rings. The van der Waals surface area contributed by atoms with E-state index >= 15 is 0 Å². The molecule has 4 rings (SSSR count). The zero-order chi connectivity index (χ0) is 21.5. The lowest BCUT2D eigenvalue weighted by Crippen LogP contribution is -2.40. The number of nitrogens with one attached hydrogen (secondary N) is 1. The smallest absolute Gasteiger partial charge is 0.231 e. The van der Waals surface area contributed by atoms with Gasteiger partial charge in [0.2, 0.25) is 6.79 Å². The molecule has 3 heterocycles. The Morgan fingerprint density at radius 1 is 1.30 bits per heavy atom. The van der Waals surface area contributed by atoms with Crippen molar-refractivity contribution < 1.29 is 14.0 Å². The van der Waals surface area contributed by atoms with Gasteiger partial charge in [0.15, 0.2) is 33.6 Å². The summed E-state index contributed by atoms with van der Waals surface area (Å²) in [5.74, 6) is 1.77. The molecule has 2 aromatic heterocycles. The number of hydrogen-bond acceptors (Lipinski definition) is 9. The second-order valence-corrected chi connectivity index (χ2v) is 11.7.